The van der Waals surface area contributed by atoms with Crippen LogP contribution in [-0.2, 0) is 17.6 Å². The van der Waals surface area contributed by atoms with Gasteiger partial charge in [-0.05, 0) is 48.2 Å². The Morgan fingerprint density at radius 2 is 1.74 bits per heavy atom. The number of nitrogens with one attached hydrogen (secondary N) is 1. The molecule has 0 aliphatic carbocycles. The van der Waals surface area contributed by atoms with E-state index in [0.29, 0.717) is 12.1 Å². The highest BCUT2D eigenvalue weighted by Crippen LogP contribution is 2.16. The zero-order valence-electron chi connectivity index (χ0n) is 13.4. The Morgan fingerprint density at radius 3 is 2.26 bits per heavy atom. The second kappa shape index (κ2) is 8.00. The summed E-state index contributed by atoms with van der Waals surface area (Å²) in [5.41, 5.74) is 2.84. The number of carbonyl (C=O) groups is 1. The molecular formula is C19H20N2O2. The molecule has 0 aromatic heterocycles. The van der Waals surface area contributed by atoms with Crippen LogP contribution in [-0.4, -0.2) is 13.0 Å². The molecule has 2 aromatic carbocycles. The third-order valence-corrected chi connectivity index (χ3v) is 3.70. The summed E-state index contributed by atoms with van der Waals surface area (Å²) in [6.07, 6.45) is 1.33. The Kier molecular flexibility index (Phi) is 5.76. The molecule has 0 heterocycles. The van der Waals surface area contributed by atoms with Gasteiger partial charge in [0.05, 0.1) is 13.2 Å². The molecule has 4 nitrogen and oxygen atoms in total. The summed E-state index contributed by atoms with van der Waals surface area (Å²) in [6.45, 7) is 2.08. The zero-order valence-corrected chi connectivity index (χ0v) is 13.4. The molecule has 0 saturated carbocycles. The monoisotopic (exact) mass is 308 g/mol. The smallest absolute Gasteiger partial charge is 0.242 e. The Bertz CT molecular complexity index is 685. The molecule has 2 rings (SSSR count). The van der Waals surface area contributed by atoms with E-state index in [1.807, 2.05) is 48.5 Å². The summed E-state index contributed by atoms with van der Waals surface area (Å²) < 4.78 is 5.10. The second-order valence-electron chi connectivity index (χ2n) is 5.27. The van der Waals surface area contributed by atoms with Gasteiger partial charge in [-0.2, -0.15) is 5.26 Å². The molecule has 4 heteroatoms. The molecule has 0 saturated heterocycles. The van der Waals surface area contributed by atoms with E-state index in [9.17, 15) is 10.1 Å². The number of rotatable bonds is 6. The summed E-state index contributed by atoms with van der Waals surface area (Å²) in [5.74, 6) is -0.260. The molecule has 1 amide bonds. The van der Waals surface area contributed by atoms with Gasteiger partial charge in [-0.15, -0.1) is 0 Å². The lowest BCUT2D eigenvalue weighted by molar-refractivity contribution is -0.118. The van der Waals surface area contributed by atoms with Crippen molar-refractivity contribution in [3.05, 3.63) is 59.7 Å². The van der Waals surface area contributed by atoms with Crippen LogP contribution in [0.2, 0.25) is 0 Å². The highest BCUT2D eigenvalue weighted by molar-refractivity contribution is 5.94. The number of nitriles is 1. The maximum atomic E-state index is 12.3. The van der Waals surface area contributed by atoms with Crippen molar-refractivity contribution in [1.29, 1.82) is 5.26 Å². The van der Waals surface area contributed by atoms with E-state index < -0.39 is 5.92 Å². The molecule has 0 aliphatic rings. The van der Waals surface area contributed by atoms with Gasteiger partial charge < -0.3 is 10.1 Å². The number of methoxy groups -OCH3 is 1. The van der Waals surface area contributed by atoms with E-state index in [1.165, 1.54) is 5.56 Å². The van der Waals surface area contributed by atoms with E-state index in [2.05, 4.69) is 18.3 Å². The minimum absolute atomic E-state index is 0.285. The van der Waals surface area contributed by atoms with Crippen LogP contribution in [0.4, 0.5) is 5.69 Å². The third kappa shape index (κ3) is 4.58. The minimum Gasteiger partial charge on any atom is -0.497 e. The van der Waals surface area contributed by atoms with Crippen molar-refractivity contribution in [3.63, 3.8) is 0 Å². The van der Waals surface area contributed by atoms with Crippen LogP contribution in [0.1, 0.15) is 18.1 Å². The summed E-state index contributed by atoms with van der Waals surface area (Å²) in [7, 11) is 1.60. The quantitative estimate of drug-likeness (QED) is 0.887. The number of ether oxygens (including phenoxy) is 1. The van der Waals surface area contributed by atoms with Crippen LogP contribution in [0.25, 0.3) is 0 Å². The van der Waals surface area contributed by atoms with Crippen LogP contribution in [0, 0.1) is 17.2 Å². The van der Waals surface area contributed by atoms with Crippen molar-refractivity contribution in [2.24, 2.45) is 5.92 Å². The third-order valence-electron chi connectivity index (χ3n) is 3.70. The van der Waals surface area contributed by atoms with E-state index in [-0.39, 0.29) is 5.91 Å². The Hall–Kier alpha value is -2.80. The van der Waals surface area contributed by atoms with Gasteiger partial charge >= 0.3 is 0 Å². The maximum absolute atomic E-state index is 12.3. The fraction of sp³-hybridized carbons (Fsp3) is 0.263. The molecule has 0 bridgehead atoms. The molecule has 1 atom stereocenters. The van der Waals surface area contributed by atoms with Crippen LogP contribution >= 0.6 is 0 Å². The average Bonchev–Trinajstić information content (AvgIpc) is 2.60. The summed E-state index contributed by atoms with van der Waals surface area (Å²) in [6, 6.07) is 17.1. The standard InChI is InChI=1S/C19H20N2O2/c1-3-14-4-8-17(9-5-14)21-19(22)16(13-20)12-15-6-10-18(23-2)11-7-15/h4-11,16H,3,12H2,1-2H3,(H,21,22)/t16-/m0/s1. The molecular weight excluding hydrogens is 288 g/mol. The van der Waals surface area contributed by atoms with Crippen molar-refractivity contribution in [2.75, 3.05) is 12.4 Å². The topological polar surface area (TPSA) is 62.1 Å². The number of hydrogen-bond donors (Lipinski definition) is 1. The molecule has 0 radical (unpaired) electrons. The highest BCUT2D eigenvalue weighted by atomic mass is 16.5. The largest absolute Gasteiger partial charge is 0.497 e. The summed E-state index contributed by atoms with van der Waals surface area (Å²) >= 11 is 0. The average molecular weight is 308 g/mol. The molecule has 0 aliphatic heterocycles. The van der Waals surface area contributed by atoms with Gasteiger partial charge in [0.25, 0.3) is 0 Å². The molecule has 0 unspecified atom stereocenters. The Morgan fingerprint density at radius 1 is 1.13 bits per heavy atom. The lowest BCUT2D eigenvalue weighted by Crippen LogP contribution is -2.23. The number of benzene rings is 2. The number of aryl methyl sites for hydroxylation is 1. The van der Waals surface area contributed by atoms with Gasteiger partial charge in [0, 0.05) is 5.69 Å². The summed E-state index contributed by atoms with van der Waals surface area (Å²) in [4.78, 5) is 12.3. The van der Waals surface area contributed by atoms with Gasteiger partial charge in [-0.25, -0.2) is 0 Å². The Labute approximate surface area is 136 Å². The van der Waals surface area contributed by atoms with Gasteiger partial charge in [-0.1, -0.05) is 31.2 Å². The van der Waals surface area contributed by atoms with E-state index >= 15 is 0 Å². The van der Waals surface area contributed by atoms with Crippen LogP contribution in [0.3, 0.4) is 0 Å². The molecule has 118 valence electrons. The molecule has 23 heavy (non-hydrogen) atoms. The first-order valence-electron chi connectivity index (χ1n) is 7.58. The lowest BCUT2D eigenvalue weighted by atomic mass is 9.99. The first-order valence-corrected chi connectivity index (χ1v) is 7.58. The lowest BCUT2D eigenvalue weighted by Gasteiger charge is -2.11. The second-order valence-corrected chi connectivity index (χ2v) is 5.27. The minimum atomic E-state index is -0.728. The number of nitrogens with zero attached hydrogens (tertiary/aromatic N) is 1. The van der Waals surface area contributed by atoms with E-state index in [0.717, 1.165) is 17.7 Å². The van der Waals surface area contributed by atoms with Gasteiger partial charge in [0.2, 0.25) is 5.91 Å². The normalized spacial score (nSPS) is 11.3. The predicted molar refractivity (Wildman–Crippen MR) is 90.3 cm³/mol. The van der Waals surface area contributed by atoms with E-state index in [1.54, 1.807) is 7.11 Å². The van der Waals surface area contributed by atoms with Crippen LogP contribution < -0.4 is 10.1 Å². The zero-order chi connectivity index (χ0) is 16.7. The van der Waals surface area contributed by atoms with Crippen molar-refractivity contribution >= 4 is 11.6 Å². The van der Waals surface area contributed by atoms with E-state index in [4.69, 9.17) is 4.74 Å². The van der Waals surface area contributed by atoms with Gasteiger partial charge in [-0.3, -0.25) is 4.79 Å². The van der Waals surface area contributed by atoms with Crippen LogP contribution in [0.15, 0.2) is 48.5 Å². The molecule has 0 fully saturated rings. The Balaban J connectivity index is 2.01. The SMILES string of the molecule is CCc1ccc(NC(=O)[C@H](C#N)Cc2ccc(OC)cc2)cc1. The fourth-order valence-corrected chi connectivity index (χ4v) is 2.25. The number of hydrogen-bond acceptors (Lipinski definition) is 3. The fourth-order valence-electron chi connectivity index (χ4n) is 2.25. The van der Waals surface area contributed by atoms with Crippen molar-refractivity contribution in [2.45, 2.75) is 19.8 Å². The van der Waals surface area contributed by atoms with Crippen LogP contribution in [0.5, 0.6) is 5.75 Å². The van der Waals surface area contributed by atoms with Crippen molar-refractivity contribution in [1.82, 2.24) is 0 Å². The molecule has 2 aromatic rings. The first-order chi connectivity index (χ1) is 11.2. The molecule has 0 spiro atoms. The maximum Gasteiger partial charge on any atom is 0.242 e. The van der Waals surface area contributed by atoms with Gasteiger partial charge in [0.15, 0.2) is 0 Å². The number of anilines is 1. The number of amides is 1. The highest BCUT2D eigenvalue weighted by Gasteiger charge is 2.18. The summed E-state index contributed by atoms with van der Waals surface area (Å²) in [5, 5.41) is 12.1. The number of carbonyl (C=O) groups excluding carboxylic acids is 1. The van der Waals surface area contributed by atoms with Gasteiger partial charge in [0.1, 0.15) is 11.7 Å². The van der Waals surface area contributed by atoms with Crippen molar-refractivity contribution < 1.29 is 9.53 Å². The van der Waals surface area contributed by atoms with Crippen molar-refractivity contribution in [3.8, 4) is 11.8 Å². The first kappa shape index (κ1) is 16.6. The predicted octanol–water partition coefficient (Wildman–Crippen LogP) is 3.58. The molecule has 1 N–H and O–H groups in total.